The van der Waals surface area contributed by atoms with Crippen LogP contribution in [0.15, 0.2) is 17.5 Å². The van der Waals surface area contributed by atoms with Crippen molar-refractivity contribution in [3.05, 3.63) is 23.2 Å². The highest BCUT2D eigenvalue weighted by molar-refractivity contribution is 7.13. The van der Waals surface area contributed by atoms with E-state index in [1.54, 1.807) is 11.3 Å². The van der Waals surface area contributed by atoms with Gasteiger partial charge in [0.1, 0.15) is 0 Å². The van der Waals surface area contributed by atoms with Crippen molar-refractivity contribution >= 4 is 22.4 Å². The normalized spacial score (nSPS) is 44.8. The lowest BCUT2D eigenvalue weighted by Gasteiger charge is -2.60. The Morgan fingerprint density at radius 2 is 2.00 bits per heavy atom. The molecule has 1 aliphatic heterocycles. The zero-order valence-electron chi connectivity index (χ0n) is 17.6. The Labute approximate surface area is 172 Å². The van der Waals surface area contributed by atoms with Crippen molar-refractivity contribution in [3.63, 3.8) is 0 Å². The van der Waals surface area contributed by atoms with Crippen molar-refractivity contribution in [2.75, 3.05) is 19.4 Å². The lowest BCUT2D eigenvalue weighted by molar-refractivity contribution is -0.138. The Bertz CT molecular complexity index is 819. The summed E-state index contributed by atoms with van der Waals surface area (Å²) in [6.45, 7) is 4.99. The number of amides is 1. The zero-order chi connectivity index (χ0) is 19.7. The van der Waals surface area contributed by atoms with Gasteiger partial charge in [0, 0.05) is 36.9 Å². The summed E-state index contributed by atoms with van der Waals surface area (Å²) in [4.78, 5) is 19.2. The number of anilines is 1. The molecule has 7 atom stereocenters. The second-order valence-corrected chi connectivity index (χ2v) is 11.0. The van der Waals surface area contributed by atoms with E-state index in [2.05, 4.69) is 30.6 Å². The highest BCUT2D eigenvalue weighted by atomic mass is 32.1. The molecule has 0 bridgehead atoms. The molecule has 0 saturated heterocycles. The fourth-order valence-electron chi connectivity index (χ4n) is 7.79. The molecule has 3 aliphatic carbocycles. The molecule has 0 radical (unpaired) electrons. The van der Waals surface area contributed by atoms with Gasteiger partial charge in [0.25, 0.3) is 0 Å². The van der Waals surface area contributed by atoms with E-state index < -0.39 is 0 Å². The van der Waals surface area contributed by atoms with Gasteiger partial charge >= 0.3 is 0 Å². The summed E-state index contributed by atoms with van der Waals surface area (Å²) in [5, 5.41) is 6.55. The third-order valence-corrected chi connectivity index (χ3v) is 10.1. The number of carbonyl (C=O) groups is 1. The average Bonchev–Trinajstić information content (AvgIpc) is 3.28. The first-order valence-corrected chi connectivity index (χ1v) is 11.9. The third-order valence-electron chi connectivity index (χ3n) is 9.22. The van der Waals surface area contributed by atoms with Crippen LogP contribution in [0.3, 0.4) is 0 Å². The summed E-state index contributed by atoms with van der Waals surface area (Å²) >= 11 is 1.74. The molecule has 4 aliphatic rings. The molecule has 4 nitrogen and oxygen atoms in total. The number of rotatable bonds is 2. The van der Waals surface area contributed by atoms with Crippen LogP contribution < -0.4 is 5.32 Å². The zero-order valence-corrected chi connectivity index (χ0v) is 18.4. The van der Waals surface area contributed by atoms with Crippen LogP contribution in [0, 0.1) is 28.6 Å². The lowest BCUT2D eigenvalue weighted by Crippen LogP contribution is -2.59. The molecule has 2 unspecified atom stereocenters. The first kappa shape index (κ1) is 18.7. The number of carbonyl (C=O) groups excluding carboxylic acids is 1. The Balaban J connectivity index is 1.45. The van der Waals surface area contributed by atoms with E-state index in [9.17, 15) is 4.79 Å². The highest BCUT2D eigenvalue weighted by Crippen LogP contribution is 2.67. The fraction of sp³-hybridized carbons (Fsp3) is 0.739. The maximum absolute atomic E-state index is 12.2. The Morgan fingerprint density at radius 1 is 1.18 bits per heavy atom. The molecule has 0 spiro atoms. The van der Waals surface area contributed by atoms with Crippen molar-refractivity contribution in [3.8, 4) is 0 Å². The molecule has 3 fully saturated rings. The molecule has 3 saturated carbocycles. The number of thiazole rings is 1. The minimum absolute atomic E-state index is 0.144. The summed E-state index contributed by atoms with van der Waals surface area (Å²) < 4.78 is 0. The quantitative estimate of drug-likeness (QED) is 0.769. The summed E-state index contributed by atoms with van der Waals surface area (Å²) in [6, 6.07) is 0.379. The van der Waals surface area contributed by atoms with Crippen molar-refractivity contribution in [1.29, 1.82) is 0 Å². The average molecular weight is 400 g/mol. The molecular formula is C23H33N3OS. The van der Waals surface area contributed by atoms with Crippen LogP contribution in [0.4, 0.5) is 5.13 Å². The van der Waals surface area contributed by atoms with Crippen LogP contribution in [0.1, 0.15) is 64.0 Å². The summed E-state index contributed by atoms with van der Waals surface area (Å²) in [5.74, 6) is 3.08. The molecular weight excluding hydrogens is 366 g/mol. The predicted molar refractivity (Wildman–Crippen MR) is 114 cm³/mol. The van der Waals surface area contributed by atoms with Gasteiger partial charge in [-0.1, -0.05) is 19.9 Å². The molecule has 2 heterocycles. The van der Waals surface area contributed by atoms with Crippen LogP contribution in [0.2, 0.25) is 0 Å². The van der Waals surface area contributed by atoms with Crippen molar-refractivity contribution in [1.82, 2.24) is 9.88 Å². The largest absolute Gasteiger partial charge is 0.365 e. The Kier molecular flexibility index (Phi) is 4.21. The van der Waals surface area contributed by atoms with Crippen LogP contribution in [0.25, 0.3) is 0 Å². The van der Waals surface area contributed by atoms with Crippen LogP contribution >= 0.6 is 11.3 Å². The predicted octanol–water partition coefficient (Wildman–Crippen LogP) is 4.91. The fourth-order valence-corrected chi connectivity index (χ4v) is 8.51. The maximum atomic E-state index is 12.2. The summed E-state index contributed by atoms with van der Waals surface area (Å²) in [7, 11) is 3.97. The SMILES string of the molecule is CNc1nc([C@H]2CC[C@H]3C4CC[C@H]5N(C)C(=O)C=C[C@]5(C)C4CC[C@]23C)cs1. The Morgan fingerprint density at radius 3 is 2.75 bits per heavy atom. The standard InChI is InChI=1S/C23H33N3OS/c1-22-11-9-16-14(5-8-19-23(16,2)12-10-20(27)26(19)4)15(22)6-7-17(22)18-13-28-21(24-3)25-18/h10,12-17,19H,5-9,11H2,1-4H3,(H,24,25)/t14?,15-,16?,17+,19+,22-,23+/m0/s1. The molecule has 152 valence electrons. The molecule has 1 aromatic heterocycles. The number of hydrogen-bond donors (Lipinski definition) is 1. The first-order chi connectivity index (χ1) is 13.4. The van der Waals surface area contributed by atoms with E-state index >= 15 is 0 Å². The number of nitrogens with zero attached hydrogens (tertiary/aromatic N) is 2. The number of fused-ring (bicyclic) bond motifs is 5. The van der Waals surface area contributed by atoms with E-state index in [1.807, 2.05) is 25.1 Å². The van der Waals surface area contributed by atoms with Gasteiger partial charge in [-0.15, -0.1) is 11.3 Å². The minimum atomic E-state index is 0.144. The number of nitrogens with one attached hydrogen (secondary N) is 1. The second kappa shape index (κ2) is 6.32. The monoisotopic (exact) mass is 399 g/mol. The van der Waals surface area contributed by atoms with Gasteiger partial charge in [0.2, 0.25) is 5.91 Å². The van der Waals surface area contributed by atoms with Gasteiger partial charge in [0.15, 0.2) is 5.13 Å². The molecule has 1 N–H and O–H groups in total. The summed E-state index contributed by atoms with van der Waals surface area (Å²) in [6.07, 6.45) is 11.8. The molecule has 28 heavy (non-hydrogen) atoms. The highest BCUT2D eigenvalue weighted by Gasteiger charge is 2.60. The first-order valence-electron chi connectivity index (χ1n) is 11.0. The van der Waals surface area contributed by atoms with Crippen LogP contribution in [0.5, 0.6) is 0 Å². The van der Waals surface area contributed by atoms with Crippen LogP contribution in [-0.4, -0.2) is 35.9 Å². The van der Waals surface area contributed by atoms with E-state index in [0.717, 1.165) is 23.4 Å². The van der Waals surface area contributed by atoms with Gasteiger partial charge in [-0.3, -0.25) is 4.79 Å². The van der Waals surface area contributed by atoms with Gasteiger partial charge < -0.3 is 10.2 Å². The maximum Gasteiger partial charge on any atom is 0.246 e. The van der Waals surface area contributed by atoms with Gasteiger partial charge in [-0.25, -0.2) is 4.98 Å². The minimum Gasteiger partial charge on any atom is -0.365 e. The molecule has 1 aromatic rings. The second-order valence-electron chi connectivity index (χ2n) is 10.1. The van der Waals surface area contributed by atoms with Gasteiger partial charge in [0.05, 0.1) is 5.69 Å². The summed E-state index contributed by atoms with van der Waals surface area (Å²) in [5.41, 5.74) is 1.84. The smallest absolute Gasteiger partial charge is 0.246 e. The topological polar surface area (TPSA) is 45.2 Å². The molecule has 1 amide bonds. The lowest BCUT2D eigenvalue weighted by atomic mass is 9.47. The van der Waals surface area contributed by atoms with Gasteiger partial charge in [-0.2, -0.15) is 0 Å². The third kappa shape index (κ3) is 2.41. The number of aromatic nitrogens is 1. The van der Waals surface area contributed by atoms with Crippen LogP contribution in [-0.2, 0) is 4.79 Å². The number of likely N-dealkylation sites (N-methyl/N-ethyl adjacent to an activating group) is 1. The van der Waals surface area contributed by atoms with E-state index in [1.165, 1.54) is 37.8 Å². The van der Waals surface area contributed by atoms with Crippen molar-refractivity contribution in [2.24, 2.45) is 28.6 Å². The van der Waals surface area contributed by atoms with Crippen molar-refractivity contribution < 1.29 is 4.79 Å². The van der Waals surface area contributed by atoms with E-state index in [0.29, 0.717) is 23.3 Å². The van der Waals surface area contributed by atoms with Gasteiger partial charge in [-0.05, 0) is 67.8 Å². The van der Waals surface area contributed by atoms with E-state index in [-0.39, 0.29) is 11.3 Å². The number of hydrogen-bond acceptors (Lipinski definition) is 4. The van der Waals surface area contributed by atoms with E-state index in [4.69, 9.17) is 4.98 Å². The molecule has 5 rings (SSSR count). The Hall–Kier alpha value is -1.36. The molecule has 0 aromatic carbocycles. The molecule has 5 heteroatoms. The van der Waals surface area contributed by atoms with Crippen molar-refractivity contribution in [2.45, 2.75) is 64.3 Å².